The standard InChI is InChI=1S/C17H30N2/c1-6-19(7-2)14-8-13-18-16-11-9-15(10-12-16)17(3,4)5/h9-12,18H,6-8,13-14H2,1-5H3. The van der Waals surface area contributed by atoms with Crippen molar-refractivity contribution in [3.8, 4) is 0 Å². The summed E-state index contributed by atoms with van der Waals surface area (Å²) in [7, 11) is 0. The van der Waals surface area contributed by atoms with Gasteiger partial charge >= 0.3 is 0 Å². The molecule has 0 unspecified atom stereocenters. The monoisotopic (exact) mass is 262 g/mol. The van der Waals surface area contributed by atoms with Crippen molar-refractivity contribution in [2.45, 2.75) is 46.5 Å². The Morgan fingerprint density at radius 1 is 1.00 bits per heavy atom. The molecule has 19 heavy (non-hydrogen) atoms. The maximum absolute atomic E-state index is 3.50. The molecule has 0 aliphatic rings. The van der Waals surface area contributed by atoms with Crippen molar-refractivity contribution in [3.05, 3.63) is 29.8 Å². The van der Waals surface area contributed by atoms with Gasteiger partial charge in [-0.3, -0.25) is 0 Å². The number of hydrogen-bond donors (Lipinski definition) is 1. The van der Waals surface area contributed by atoms with Crippen LogP contribution in [0.2, 0.25) is 0 Å². The van der Waals surface area contributed by atoms with Crippen molar-refractivity contribution in [3.63, 3.8) is 0 Å². The highest BCUT2D eigenvalue weighted by Gasteiger charge is 2.12. The SMILES string of the molecule is CCN(CC)CCCNc1ccc(C(C)(C)C)cc1. The lowest BCUT2D eigenvalue weighted by atomic mass is 9.87. The molecule has 1 rings (SSSR count). The normalized spacial score (nSPS) is 11.9. The zero-order chi connectivity index (χ0) is 14.3. The number of benzene rings is 1. The molecule has 0 bridgehead atoms. The van der Waals surface area contributed by atoms with Crippen LogP contribution in [0.3, 0.4) is 0 Å². The van der Waals surface area contributed by atoms with Gasteiger partial charge in [-0.25, -0.2) is 0 Å². The van der Waals surface area contributed by atoms with Crippen LogP contribution in [0, 0.1) is 0 Å². The first kappa shape index (κ1) is 16.0. The second-order valence-corrected chi connectivity index (χ2v) is 6.13. The highest BCUT2D eigenvalue weighted by Crippen LogP contribution is 2.23. The Morgan fingerprint density at radius 3 is 2.05 bits per heavy atom. The average Bonchev–Trinajstić information content (AvgIpc) is 2.38. The maximum atomic E-state index is 3.50. The fraction of sp³-hybridized carbons (Fsp3) is 0.647. The molecular weight excluding hydrogens is 232 g/mol. The number of anilines is 1. The molecule has 0 atom stereocenters. The van der Waals surface area contributed by atoms with E-state index in [4.69, 9.17) is 0 Å². The molecule has 0 heterocycles. The van der Waals surface area contributed by atoms with Crippen molar-refractivity contribution in [2.24, 2.45) is 0 Å². The van der Waals surface area contributed by atoms with E-state index in [2.05, 4.69) is 69.1 Å². The van der Waals surface area contributed by atoms with Crippen molar-refractivity contribution in [1.29, 1.82) is 0 Å². The highest BCUT2D eigenvalue weighted by atomic mass is 15.1. The predicted molar refractivity (Wildman–Crippen MR) is 86.0 cm³/mol. The van der Waals surface area contributed by atoms with Crippen LogP contribution in [0.5, 0.6) is 0 Å². The number of hydrogen-bond acceptors (Lipinski definition) is 2. The Labute approximate surface area is 119 Å². The molecule has 0 radical (unpaired) electrons. The van der Waals surface area contributed by atoms with Crippen LogP contribution in [0.25, 0.3) is 0 Å². The number of nitrogens with zero attached hydrogens (tertiary/aromatic N) is 1. The molecule has 1 N–H and O–H groups in total. The molecule has 0 spiro atoms. The summed E-state index contributed by atoms with van der Waals surface area (Å²) in [6.07, 6.45) is 1.20. The minimum atomic E-state index is 0.237. The Balaban J connectivity index is 2.34. The van der Waals surface area contributed by atoms with E-state index in [9.17, 15) is 0 Å². The summed E-state index contributed by atoms with van der Waals surface area (Å²) in [5.41, 5.74) is 2.86. The molecule has 2 heteroatoms. The van der Waals surface area contributed by atoms with Crippen molar-refractivity contribution in [2.75, 3.05) is 31.5 Å². The Kier molecular flexibility index (Phi) is 6.36. The minimum absolute atomic E-state index is 0.237. The molecule has 108 valence electrons. The Bertz CT molecular complexity index is 345. The van der Waals surface area contributed by atoms with E-state index in [0.29, 0.717) is 0 Å². The first-order valence-corrected chi connectivity index (χ1v) is 7.54. The molecule has 2 nitrogen and oxygen atoms in total. The van der Waals surface area contributed by atoms with Gasteiger partial charge in [-0.05, 0) is 49.2 Å². The van der Waals surface area contributed by atoms with Crippen LogP contribution < -0.4 is 5.32 Å². The largest absolute Gasteiger partial charge is 0.385 e. The lowest BCUT2D eigenvalue weighted by Crippen LogP contribution is -2.25. The summed E-state index contributed by atoms with van der Waals surface area (Å²) < 4.78 is 0. The van der Waals surface area contributed by atoms with E-state index in [1.165, 1.54) is 24.2 Å². The van der Waals surface area contributed by atoms with Crippen LogP contribution >= 0.6 is 0 Å². The van der Waals surface area contributed by atoms with Crippen LogP contribution in [-0.4, -0.2) is 31.1 Å². The van der Waals surface area contributed by atoms with Gasteiger partial charge in [-0.2, -0.15) is 0 Å². The fourth-order valence-electron chi connectivity index (χ4n) is 2.16. The van der Waals surface area contributed by atoms with E-state index >= 15 is 0 Å². The highest BCUT2D eigenvalue weighted by molar-refractivity contribution is 5.45. The quantitative estimate of drug-likeness (QED) is 0.743. The Morgan fingerprint density at radius 2 is 1.58 bits per heavy atom. The van der Waals surface area contributed by atoms with Crippen LogP contribution in [-0.2, 0) is 5.41 Å². The number of nitrogens with one attached hydrogen (secondary N) is 1. The van der Waals surface area contributed by atoms with Gasteiger partial charge in [0.1, 0.15) is 0 Å². The smallest absolute Gasteiger partial charge is 0.0340 e. The van der Waals surface area contributed by atoms with E-state index in [1.54, 1.807) is 0 Å². The zero-order valence-corrected chi connectivity index (χ0v) is 13.3. The van der Waals surface area contributed by atoms with Crippen molar-refractivity contribution >= 4 is 5.69 Å². The molecule has 0 fully saturated rings. The molecule has 1 aromatic rings. The zero-order valence-electron chi connectivity index (χ0n) is 13.3. The maximum Gasteiger partial charge on any atom is 0.0340 e. The second-order valence-electron chi connectivity index (χ2n) is 6.13. The summed E-state index contributed by atoms with van der Waals surface area (Å²) in [4.78, 5) is 2.46. The minimum Gasteiger partial charge on any atom is -0.385 e. The van der Waals surface area contributed by atoms with Gasteiger partial charge in [0, 0.05) is 12.2 Å². The molecule has 0 saturated carbocycles. The third kappa shape index (κ3) is 5.65. The first-order valence-electron chi connectivity index (χ1n) is 7.54. The molecule has 0 aliphatic carbocycles. The fourth-order valence-corrected chi connectivity index (χ4v) is 2.16. The van der Waals surface area contributed by atoms with Crippen LogP contribution in [0.1, 0.15) is 46.6 Å². The van der Waals surface area contributed by atoms with Gasteiger partial charge in [0.2, 0.25) is 0 Å². The molecule has 0 saturated heterocycles. The molecule has 0 aliphatic heterocycles. The van der Waals surface area contributed by atoms with Gasteiger partial charge in [-0.1, -0.05) is 46.8 Å². The van der Waals surface area contributed by atoms with Gasteiger partial charge in [0.15, 0.2) is 0 Å². The molecule has 0 amide bonds. The summed E-state index contributed by atoms with van der Waals surface area (Å²) in [5.74, 6) is 0. The first-order chi connectivity index (χ1) is 8.97. The molecule has 0 aromatic heterocycles. The average molecular weight is 262 g/mol. The lowest BCUT2D eigenvalue weighted by molar-refractivity contribution is 0.303. The molecule has 1 aromatic carbocycles. The molecular formula is C17H30N2. The van der Waals surface area contributed by atoms with Crippen LogP contribution in [0.4, 0.5) is 5.69 Å². The van der Waals surface area contributed by atoms with Crippen LogP contribution in [0.15, 0.2) is 24.3 Å². The Hall–Kier alpha value is -1.02. The van der Waals surface area contributed by atoms with Gasteiger partial charge < -0.3 is 10.2 Å². The van der Waals surface area contributed by atoms with E-state index < -0.39 is 0 Å². The number of rotatable bonds is 7. The summed E-state index contributed by atoms with van der Waals surface area (Å²) >= 11 is 0. The third-order valence-electron chi connectivity index (χ3n) is 3.63. The summed E-state index contributed by atoms with van der Waals surface area (Å²) in [5, 5.41) is 3.50. The van der Waals surface area contributed by atoms with E-state index in [0.717, 1.165) is 19.6 Å². The van der Waals surface area contributed by atoms with Gasteiger partial charge in [0.05, 0.1) is 0 Å². The topological polar surface area (TPSA) is 15.3 Å². The van der Waals surface area contributed by atoms with Crippen molar-refractivity contribution < 1.29 is 0 Å². The summed E-state index contributed by atoms with van der Waals surface area (Å²) in [6.45, 7) is 15.7. The van der Waals surface area contributed by atoms with Gasteiger partial charge in [0.25, 0.3) is 0 Å². The summed E-state index contributed by atoms with van der Waals surface area (Å²) in [6, 6.07) is 8.84. The van der Waals surface area contributed by atoms with Crippen molar-refractivity contribution in [1.82, 2.24) is 4.90 Å². The van der Waals surface area contributed by atoms with E-state index in [-0.39, 0.29) is 5.41 Å². The predicted octanol–water partition coefficient (Wildman–Crippen LogP) is 4.13. The van der Waals surface area contributed by atoms with Gasteiger partial charge in [-0.15, -0.1) is 0 Å². The second kappa shape index (κ2) is 7.54. The third-order valence-corrected chi connectivity index (χ3v) is 3.63. The lowest BCUT2D eigenvalue weighted by Gasteiger charge is -2.20. The van der Waals surface area contributed by atoms with E-state index in [1.807, 2.05) is 0 Å².